The fraction of sp³-hybridized carbons (Fsp3) is 0.500. The standard InChI is InChI=1S/C14H19NO4/c1-19-9-12(16)8-15-7-11(14(17)18)6-10-4-2-3-5-13(10)15/h2-5,11-12,16H,6-9H2,1H3,(H,17,18). The first-order chi connectivity index (χ1) is 9.11. The van der Waals surface area contributed by atoms with E-state index >= 15 is 0 Å². The highest BCUT2D eigenvalue weighted by Crippen LogP contribution is 2.29. The highest BCUT2D eigenvalue weighted by molar-refractivity contribution is 5.73. The molecule has 2 rings (SSSR count). The van der Waals surface area contributed by atoms with Gasteiger partial charge in [0.05, 0.1) is 18.6 Å². The van der Waals surface area contributed by atoms with Gasteiger partial charge in [-0.2, -0.15) is 0 Å². The van der Waals surface area contributed by atoms with Gasteiger partial charge in [-0.1, -0.05) is 18.2 Å². The molecule has 0 bridgehead atoms. The van der Waals surface area contributed by atoms with Crippen molar-refractivity contribution in [2.75, 3.05) is 31.7 Å². The van der Waals surface area contributed by atoms with Crippen molar-refractivity contribution in [1.82, 2.24) is 0 Å². The summed E-state index contributed by atoms with van der Waals surface area (Å²) >= 11 is 0. The summed E-state index contributed by atoms with van der Waals surface area (Å²) in [5.41, 5.74) is 2.03. The van der Waals surface area contributed by atoms with Crippen molar-refractivity contribution in [3.05, 3.63) is 29.8 Å². The van der Waals surface area contributed by atoms with Crippen molar-refractivity contribution < 1.29 is 19.7 Å². The Kier molecular flexibility index (Phi) is 4.39. The number of methoxy groups -OCH3 is 1. The minimum atomic E-state index is -0.791. The Bertz CT molecular complexity index is 449. The molecule has 2 unspecified atom stereocenters. The molecular formula is C14H19NO4. The number of nitrogens with zero attached hydrogens (tertiary/aromatic N) is 1. The molecule has 1 aliphatic rings. The van der Waals surface area contributed by atoms with Crippen LogP contribution in [0.4, 0.5) is 5.69 Å². The Morgan fingerprint density at radius 2 is 2.26 bits per heavy atom. The summed E-state index contributed by atoms with van der Waals surface area (Å²) in [6.07, 6.45) is -0.0758. The van der Waals surface area contributed by atoms with Crippen molar-refractivity contribution >= 4 is 11.7 Å². The highest BCUT2D eigenvalue weighted by atomic mass is 16.5. The quantitative estimate of drug-likeness (QED) is 0.822. The molecule has 19 heavy (non-hydrogen) atoms. The van der Waals surface area contributed by atoms with Gasteiger partial charge in [-0.05, 0) is 18.1 Å². The molecule has 1 aliphatic heterocycles. The Labute approximate surface area is 112 Å². The number of fused-ring (bicyclic) bond motifs is 1. The van der Waals surface area contributed by atoms with Gasteiger partial charge in [0.25, 0.3) is 0 Å². The zero-order chi connectivity index (χ0) is 13.8. The first kappa shape index (κ1) is 13.8. The van der Waals surface area contributed by atoms with Crippen LogP contribution in [-0.2, 0) is 16.0 Å². The molecule has 1 heterocycles. The van der Waals surface area contributed by atoms with Gasteiger partial charge in [-0.25, -0.2) is 0 Å². The van der Waals surface area contributed by atoms with Crippen LogP contribution in [0.15, 0.2) is 24.3 Å². The Balaban J connectivity index is 2.19. The van der Waals surface area contributed by atoms with E-state index in [0.717, 1.165) is 11.3 Å². The lowest BCUT2D eigenvalue weighted by Crippen LogP contribution is -2.43. The second-order valence-corrected chi connectivity index (χ2v) is 4.88. The van der Waals surface area contributed by atoms with Crippen LogP contribution in [0.5, 0.6) is 0 Å². The molecule has 0 fully saturated rings. The Morgan fingerprint density at radius 3 is 2.95 bits per heavy atom. The van der Waals surface area contributed by atoms with E-state index in [-0.39, 0.29) is 6.61 Å². The highest BCUT2D eigenvalue weighted by Gasteiger charge is 2.29. The van der Waals surface area contributed by atoms with Crippen molar-refractivity contribution in [2.24, 2.45) is 5.92 Å². The second-order valence-electron chi connectivity index (χ2n) is 4.88. The summed E-state index contributed by atoms with van der Waals surface area (Å²) in [5, 5.41) is 19.0. The van der Waals surface area contributed by atoms with Crippen LogP contribution in [0.3, 0.4) is 0 Å². The Morgan fingerprint density at radius 1 is 1.53 bits per heavy atom. The molecular weight excluding hydrogens is 246 g/mol. The predicted octanol–water partition coefficient (Wildman–Crippen LogP) is 0.757. The molecule has 2 N–H and O–H groups in total. The monoisotopic (exact) mass is 265 g/mol. The molecule has 5 heteroatoms. The lowest BCUT2D eigenvalue weighted by atomic mass is 9.92. The van der Waals surface area contributed by atoms with Gasteiger partial charge in [0.2, 0.25) is 0 Å². The number of benzene rings is 1. The third kappa shape index (κ3) is 3.24. The second kappa shape index (κ2) is 6.04. The van der Waals surface area contributed by atoms with E-state index < -0.39 is 18.0 Å². The number of hydrogen-bond acceptors (Lipinski definition) is 4. The van der Waals surface area contributed by atoms with Crippen molar-refractivity contribution in [1.29, 1.82) is 0 Å². The van der Waals surface area contributed by atoms with E-state index in [9.17, 15) is 15.0 Å². The van der Waals surface area contributed by atoms with Gasteiger partial charge < -0.3 is 19.8 Å². The number of carbonyl (C=O) groups is 1. The SMILES string of the molecule is COCC(O)CN1CC(C(=O)O)Cc2ccccc21. The predicted molar refractivity (Wildman–Crippen MR) is 71.4 cm³/mol. The maximum absolute atomic E-state index is 11.2. The summed E-state index contributed by atoms with van der Waals surface area (Å²) in [4.78, 5) is 13.1. The molecule has 0 amide bonds. The molecule has 0 saturated carbocycles. The van der Waals surface area contributed by atoms with Crippen LogP contribution in [0.25, 0.3) is 0 Å². The molecule has 104 valence electrons. The van der Waals surface area contributed by atoms with E-state index in [1.807, 2.05) is 29.2 Å². The van der Waals surface area contributed by atoms with Gasteiger partial charge in [0, 0.05) is 25.9 Å². The van der Waals surface area contributed by atoms with Crippen LogP contribution < -0.4 is 4.90 Å². The third-order valence-corrected chi connectivity index (χ3v) is 3.38. The minimum Gasteiger partial charge on any atom is -0.481 e. The summed E-state index contributed by atoms with van der Waals surface area (Å²) < 4.78 is 4.91. The van der Waals surface area contributed by atoms with Gasteiger partial charge >= 0.3 is 5.97 Å². The third-order valence-electron chi connectivity index (χ3n) is 3.38. The number of rotatable bonds is 5. The largest absolute Gasteiger partial charge is 0.481 e. The lowest BCUT2D eigenvalue weighted by molar-refractivity contribution is -0.141. The van der Waals surface area contributed by atoms with E-state index in [0.29, 0.717) is 19.5 Å². The number of aliphatic carboxylic acids is 1. The zero-order valence-corrected chi connectivity index (χ0v) is 11.0. The van der Waals surface area contributed by atoms with Gasteiger partial charge in [0.15, 0.2) is 0 Å². The van der Waals surface area contributed by atoms with Crippen LogP contribution >= 0.6 is 0 Å². The maximum Gasteiger partial charge on any atom is 0.308 e. The summed E-state index contributed by atoms with van der Waals surface area (Å²) in [6, 6.07) is 7.75. The number of carboxylic acids is 1. The summed E-state index contributed by atoms with van der Waals surface area (Å²) in [5.74, 6) is -1.22. The lowest BCUT2D eigenvalue weighted by Gasteiger charge is -2.35. The Hall–Kier alpha value is -1.59. The number of aliphatic hydroxyl groups excluding tert-OH is 1. The molecule has 2 atom stereocenters. The molecule has 5 nitrogen and oxygen atoms in total. The minimum absolute atomic E-state index is 0.246. The molecule has 1 aromatic rings. The van der Waals surface area contributed by atoms with Crippen molar-refractivity contribution in [2.45, 2.75) is 12.5 Å². The first-order valence-corrected chi connectivity index (χ1v) is 6.34. The molecule has 0 spiro atoms. The normalized spacial score (nSPS) is 19.9. The van der Waals surface area contributed by atoms with E-state index in [2.05, 4.69) is 0 Å². The van der Waals surface area contributed by atoms with Gasteiger partial charge in [-0.3, -0.25) is 4.79 Å². The zero-order valence-electron chi connectivity index (χ0n) is 11.0. The van der Waals surface area contributed by atoms with Crippen molar-refractivity contribution in [3.63, 3.8) is 0 Å². The van der Waals surface area contributed by atoms with Crippen LogP contribution in [0, 0.1) is 5.92 Å². The smallest absolute Gasteiger partial charge is 0.308 e. The van der Waals surface area contributed by atoms with Crippen LogP contribution in [-0.4, -0.2) is 49.1 Å². The molecule has 1 aromatic carbocycles. The molecule has 0 saturated heterocycles. The van der Waals surface area contributed by atoms with Crippen molar-refractivity contribution in [3.8, 4) is 0 Å². The van der Waals surface area contributed by atoms with E-state index in [1.165, 1.54) is 7.11 Å². The average molecular weight is 265 g/mol. The van der Waals surface area contributed by atoms with Crippen LogP contribution in [0.1, 0.15) is 5.56 Å². The summed E-state index contributed by atoms with van der Waals surface area (Å²) in [6.45, 7) is 1.05. The number of carboxylic acid groups (broad SMARTS) is 1. The maximum atomic E-state index is 11.2. The van der Waals surface area contributed by atoms with Crippen LogP contribution in [0.2, 0.25) is 0 Å². The van der Waals surface area contributed by atoms with Gasteiger partial charge in [-0.15, -0.1) is 0 Å². The fourth-order valence-corrected chi connectivity index (χ4v) is 2.52. The number of ether oxygens (including phenoxy) is 1. The average Bonchev–Trinajstić information content (AvgIpc) is 2.38. The first-order valence-electron chi connectivity index (χ1n) is 6.34. The molecule has 0 aliphatic carbocycles. The van der Waals surface area contributed by atoms with E-state index in [1.54, 1.807) is 0 Å². The van der Waals surface area contributed by atoms with E-state index in [4.69, 9.17) is 4.74 Å². The molecule has 0 radical (unpaired) electrons. The topological polar surface area (TPSA) is 70.0 Å². The number of β-amino-alcohol motifs (C(OH)–C–C–N with tert-alkyl or cyclic N) is 1. The fourth-order valence-electron chi connectivity index (χ4n) is 2.52. The van der Waals surface area contributed by atoms with Gasteiger partial charge in [0.1, 0.15) is 0 Å². The number of para-hydroxylation sites is 1. The number of anilines is 1. The molecule has 0 aromatic heterocycles. The number of aliphatic hydroxyl groups is 1. The number of hydrogen-bond donors (Lipinski definition) is 2. The summed E-state index contributed by atoms with van der Waals surface area (Å²) in [7, 11) is 1.54.